The number of piperidine rings is 1. The quantitative estimate of drug-likeness (QED) is 0.792. The van der Waals surface area contributed by atoms with E-state index in [1.54, 1.807) is 12.7 Å². The normalized spacial score (nSPS) is 21.6. The maximum Gasteiger partial charge on any atom is 0.182 e. The lowest BCUT2D eigenvalue weighted by molar-refractivity contribution is 0.270. The molecule has 3 aromatic rings. The van der Waals surface area contributed by atoms with Crippen molar-refractivity contribution < 1.29 is 0 Å². The Morgan fingerprint density at radius 3 is 2.92 bits per heavy atom. The van der Waals surface area contributed by atoms with E-state index in [1.165, 1.54) is 31.5 Å². The van der Waals surface area contributed by atoms with Crippen LogP contribution in [0.15, 0.2) is 25.0 Å². The topological polar surface area (TPSA) is 75.5 Å². The summed E-state index contributed by atoms with van der Waals surface area (Å²) in [7, 11) is 0. The van der Waals surface area contributed by atoms with Gasteiger partial charge in [0.15, 0.2) is 11.5 Å². The van der Waals surface area contributed by atoms with Gasteiger partial charge in [-0.1, -0.05) is 6.42 Å². The highest BCUT2D eigenvalue weighted by Crippen LogP contribution is 2.33. The molecule has 1 N–H and O–H groups in total. The van der Waals surface area contributed by atoms with E-state index in [4.69, 9.17) is 4.98 Å². The number of H-pyrrole nitrogens is 1. The highest BCUT2D eigenvalue weighted by Gasteiger charge is 2.28. The predicted octanol–water partition coefficient (Wildman–Crippen LogP) is 2.73. The van der Waals surface area contributed by atoms with Crippen LogP contribution in [0.25, 0.3) is 11.2 Å². The van der Waals surface area contributed by atoms with Crippen LogP contribution in [0.1, 0.15) is 43.8 Å². The van der Waals surface area contributed by atoms with Crippen LogP contribution in [-0.4, -0.2) is 42.6 Å². The van der Waals surface area contributed by atoms with Gasteiger partial charge in [-0.3, -0.25) is 0 Å². The molecule has 1 saturated carbocycles. The maximum atomic E-state index is 4.72. The van der Waals surface area contributed by atoms with Crippen molar-refractivity contribution in [3.05, 3.63) is 30.9 Å². The molecule has 0 bridgehead atoms. The van der Waals surface area contributed by atoms with Gasteiger partial charge in [0, 0.05) is 37.9 Å². The molecule has 2 aliphatic rings. The fourth-order valence-corrected chi connectivity index (χ4v) is 4.16. The molecule has 2 fully saturated rings. The van der Waals surface area contributed by atoms with Crippen molar-refractivity contribution in [1.29, 1.82) is 0 Å². The molecule has 0 spiro atoms. The first-order chi connectivity index (χ1) is 12.4. The molecule has 0 radical (unpaired) electrons. The van der Waals surface area contributed by atoms with E-state index in [0.717, 1.165) is 49.0 Å². The first-order valence-corrected chi connectivity index (χ1v) is 9.28. The first kappa shape index (κ1) is 14.9. The average Bonchev–Trinajstić information content (AvgIpc) is 3.27. The first-order valence-electron chi connectivity index (χ1n) is 9.28. The number of imidazole rings is 2. The van der Waals surface area contributed by atoms with Gasteiger partial charge in [0.1, 0.15) is 17.7 Å². The highest BCUT2D eigenvalue weighted by atomic mass is 15.2. The number of fused-ring (bicyclic) bond motifs is 1. The lowest BCUT2D eigenvalue weighted by atomic mass is 9.85. The molecule has 130 valence electrons. The molecule has 1 saturated heterocycles. The Balaban J connectivity index is 1.39. The van der Waals surface area contributed by atoms with Crippen molar-refractivity contribution in [3.8, 4) is 0 Å². The number of aromatic nitrogens is 6. The third-order valence-corrected chi connectivity index (χ3v) is 5.72. The fraction of sp³-hybridized carbons (Fsp3) is 0.556. The molecule has 7 nitrogen and oxygen atoms in total. The van der Waals surface area contributed by atoms with Crippen LogP contribution in [-0.2, 0) is 6.54 Å². The van der Waals surface area contributed by atoms with Gasteiger partial charge in [-0.25, -0.2) is 19.9 Å². The van der Waals surface area contributed by atoms with Crippen molar-refractivity contribution in [2.75, 3.05) is 18.0 Å². The average molecular weight is 337 g/mol. The van der Waals surface area contributed by atoms with Gasteiger partial charge < -0.3 is 14.5 Å². The monoisotopic (exact) mass is 337 g/mol. The number of hydrogen-bond donors (Lipinski definition) is 1. The van der Waals surface area contributed by atoms with Crippen LogP contribution < -0.4 is 4.90 Å². The van der Waals surface area contributed by atoms with Gasteiger partial charge >= 0.3 is 0 Å². The van der Waals surface area contributed by atoms with Crippen molar-refractivity contribution in [3.63, 3.8) is 0 Å². The molecule has 0 amide bonds. The Hall–Kier alpha value is -2.44. The predicted molar refractivity (Wildman–Crippen MR) is 95.4 cm³/mol. The highest BCUT2D eigenvalue weighted by molar-refractivity contribution is 5.82. The molecule has 0 aromatic carbocycles. The Morgan fingerprint density at radius 1 is 1.08 bits per heavy atom. The summed E-state index contributed by atoms with van der Waals surface area (Å²) < 4.78 is 2.39. The molecule has 3 aromatic heterocycles. The number of aromatic amines is 1. The maximum absolute atomic E-state index is 4.72. The van der Waals surface area contributed by atoms with Gasteiger partial charge in [-0.15, -0.1) is 0 Å². The van der Waals surface area contributed by atoms with Crippen LogP contribution >= 0.6 is 0 Å². The van der Waals surface area contributed by atoms with Crippen LogP contribution in [0, 0.1) is 5.92 Å². The minimum absolute atomic E-state index is 0.455. The number of hydrogen-bond acceptors (Lipinski definition) is 5. The minimum Gasteiger partial charge on any atom is -0.354 e. The molecular weight excluding hydrogens is 314 g/mol. The molecule has 4 heterocycles. The summed E-state index contributed by atoms with van der Waals surface area (Å²) in [5.74, 6) is 3.51. The Bertz CT molecular complexity index is 863. The van der Waals surface area contributed by atoms with Crippen molar-refractivity contribution in [2.45, 2.75) is 44.6 Å². The molecule has 1 unspecified atom stereocenters. The third kappa shape index (κ3) is 2.67. The summed E-state index contributed by atoms with van der Waals surface area (Å²) in [5.41, 5.74) is 1.67. The summed E-state index contributed by atoms with van der Waals surface area (Å²) in [6, 6.07) is 0. The van der Waals surface area contributed by atoms with Gasteiger partial charge in [-0.05, 0) is 31.6 Å². The van der Waals surface area contributed by atoms with Gasteiger partial charge in [-0.2, -0.15) is 0 Å². The van der Waals surface area contributed by atoms with Crippen molar-refractivity contribution in [1.82, 2.24) is 29.5 Å². The summed E-state index contributed by atoms with van der Waals surface area (Å²) in [4.78, 5) is 23.3. The van der Waals surface area contributed by atoms with E-state index >= 15 is 0 Å². The standard InChI is InChI=1S/C18H23N7/c1-3-13(4-1)9-25-8-6-19-17(25)14-5-2-7-24(10-14)18-15-16(21-11-20-15)22-12-23-18/h6,8,11-14H,1-5,7,9-10H2,(H,20,21,22,23). The Labute approximate surface area is 146 Å². The van der Waals surface area contributed by atoms with Crippen molar-refractivity contribution >= 4 is 17.0 Å². The van der Waals surface area contributed by atoms with E-state index in [2.05, 4.69) is 35.6 Å². The second kappa shape index (κ2) is 6.13. The molecule has 1 aliphatic heterocycles. The summed E-state index contributed by atoms with van der Waals surface area (Å²) in [6.07, 6.45) is 13.9. The zero-order valence-electron chi connectivity index (χ0n) is 14.3. The van der Waals surface area contributed by atoms with E-state index < -0.39 is 0 Å². The number of nitrogens with zero attached hydrogens (tertiary/aromatic N) is 6. The lowest BCUT2D eigenvalue weighted by Gasteiger charge is -2.34. The summed E-state index contributed by atoms with van der Waals surface area (Å²) in [5, 5.41) is 0. The molecule has 7 heteroatoms. The number of nitrogens with one attached hydrogen (secondary N) is 1. The van der Waals surface area contributed by atoms with Gasteiger partial charge in [0.25, 0.3) is 0 Å². The van der Waals surface area contributed by atoms with E-state index in [-0.39, 0.29) is 0 Å². The molecule has 25 heavy (non-hydrogen) atoms. The number of rotatable bonds is 4. The number of anilines is 1. The van der Waals surface area contributed by atoms with E-state index in [1.807, 2.05) is 6.20 Å². The largest absolute Gasteiger partial charge is 0.354 e. The van der Waals surface area contributed by atoms with Crippen LogP contribution in [0.4, 0.5) is 5.82 Å². The smallest absolute Gasteiger partial charge is 0.182 e. The summed E-state index contributed by atoms with van der Waals surface area (Å²) >= 11 is 0. The van der Waals surface area contributed by atoms with Crippen LogP contribution in [0.2, 0.25) is 0 Å². The SMILES string of the molecule is c1cn(CC2CCC2)c(C2CCCN(c3ncnc4nc[nH]c34)C2)n1. The molecule has 5 rings (SSSR count). The molecular formula is C18H23N7. The van der Waals surface area contributed by atoms with Gasteiger partial charge in [0.05, 0.1) is 6.33 Å². The van der Waals surface area contributed by atoms with Crippen LogP contribution in [0.5, 0.6) is 0 Å². The molecule has 1 atom stereocenters. The van der Waals surface area contributed by atoms with Gasteiger partial charge in [0.2, 0.25) is 0 Å². The van der Waals surface area contributed by atoms with Crippen molar-refractivity contribution in [2.24, 2.45) is 5.92 Å². The van der Waals surface area contributed by atoms with Crippen LogP contribution in [0.3, 0.4) is 0 Å². The lowest BCUT2D eigenvalue weighted by Crippen LogP contribution is -2.36. The second-order valence-electron chi connectivity index (χ2n) is 7.32. The fourth-order valence-electron chi connectivity index (χ4n) is 4.16. The zero-order chi connectivity index (χ0) is 16.6. The second-order valence-corrected chi connectivity index (χ2v) is 7.32. The summed E-state index contributed by atoms with van der Waals surface area (Å²) in [6.45, 7) is 3.10. The molecule has 1 aliphatic carbocycles. The minimum atomic E-state index is 0.455. The third-order valence-electron chi connectivity index (χ3n) is 5.72. The van der Waals surface area contributed by atoms with E-state index in [9.17, 15) is 0 Å². The van der Waals surface area contributed by atoms with E-state index in [0.29, 0.717) is 5.92 Å². The Kier molecular flexibility index (Phi) is 3.64. The zero-order valence-corrected chi connectivity index (χ0v) is 14.3. The Morgan fingerprint density at radius 2 is 2.04 bits per heavy atom.